The van der Waals surface area contributed by atoms with Crippen LogP contribution in [0, 0.1) is 24.2 Å². The van der Waals surface area contributed by atoms with Crippen LogP contribution in [0.1, 0.15) is 57.1 Å². The molecule has 5 atom stereocenters. The van der Waals surface area contributed by atoms with Crippen molar-refractivity contribution in [2.24, 2.45) is 17.3 Å². The summed E-state index contributed by atoms with van der Waals surface area (Å²) in [5, 5.41) is 0. The van der Waals surface area contributed by atoms with Gasteiger partial charge in [0.15, 0.2) is 0 Å². The fraction of sp³-hybridized carbons (Fsp3) is 0.667. The van der Waals surface area contributed by atoms with Gasteiger partial charge in [0.05, 0.1) is 0 Å². The summed E-state index contributed by atoms with van der Waals surface area (Å²) >= 11 is 0. The number of hydrogen-bond donors (Lipinski definition) is 0. The molecular formula is C21H31NO. The SMILES string of the molecule is CCC(=O)C1C(c2ccc(C)cc2)C(C)C2(C)CCC1N(C)C2. The van der Waals surface area contributed by atoms with Crippen molar-refractivity contribution in [3.8, 4) is 0 Å². The number of aryl methyl sites for hydroxylation is 1. The van der Waals surface area contributed by atoms with E-state index >= 15 is 0 Å². The van der Waals surface area contributed by atoms with Crippen molar-refractivity contribution in [3.05, 3.63) is 35.4 Å². The maximum atomic E-state index is 12.9. The van der Waals surface area contributed by atoms with E-state index in [1.54, 1.807) is 0 Å². The molecule has 4 rings (SSSR count). The van der Waals surface area contributed by atoms with Crippen LogP contribution in [-0.4, -0.2) is 30.3 Å². The number of carbonyl (C=O) groups excluding carboxylic acids is 1. The van der Waals surface area contributed by atoms with E-state index in [-0.39, 0.29) is 5.92 Å². The first kappa shape index (κ1) is 16.7. The minimum absolute atomic E-state index is 0.145. The van der Waals surface area contributed by atoms with Crippen LogP contribution in [0.25, 0.3) is 0 Å². The second-order valence-electron chi connectivity index (χ2n) is 8.25. The molecule has 5 unspecified atom stereocenters. The number of rotatable bonds is 3. The van der Waals surface area contributed by atoms with Gasteiger partial charge in [-0.25, -0.2) is 0 Å². The molecule has 1 saturated carbocycles. The van der Waals surface area contributed by atoms with Gasteiger partial charge in [-0.2, -0.15) is 0 Å². The molecule has 2 bridgehead atoms. The molecule has 0 radical (unpaired) electrons. The summed E-state index contributed by atoms with van der Waals surface area (Å²) in [6, 6.07) is 9.34. The summed E-state index contributed by atoms with van der Waals surface area (Å²) < 4.78 is 0. The van der Waals surface area contributed by atoms with E-state index < -0.39 is 0 Å². The average Bonchev–Trinajstić information content (AvgIpc) is 2.68. The summed E-state index contributed by atoms with van der Waals surface area (Å²) in [5.41, 5.74) is 2.96. The minimum Gasteiger partial charge on any atom is -0.302 e. The maximum absolute atomic E-state index is 12.9. The number of Topliss-reactive ketones (excluding diaryl/α,β-unsaturated/α-hetero) is 1. The second-order valence-corrected chi connectivity index (χ2v) is 8.25. The summed E-state index contributed by atoms with van der Waals surface area (Å²) in [5.74, 6) is 1.48. The van der Waals surface area contributed by atoms with Crippen LogP contribution in [0.3, 0.4) is 0 Å². The Morgan fingerprint density at radius 2 is 1.96 bits per heavy atom. The molecule has 0 N–H and O–H groups in total. The van der Waals surface area contributed by atoms with Crippen LogP contribution >= 0.6 is 0 Å². The quantitative estimate of drug-likeness (QED) is 0.823. The van der Waals surface area contributed by atoms with Gasteiger partial charge in [-0.3, -0.25) is 4.79 Å². The average molecular weight is 313 g/mol. The Balaban J connectivity index is 2.11. The first-order valence-corrected chi connectivity index (χ1v) is 9.17. The van der Waals surface area contributed by atoms with Gasteiger partial charge in [0, 0.05) is 24.9 Å². The zero-order valence-electron chi connectivity index (χ0n) is 15.3. The molecule has 1 aliphatic carbocycles. The third kappa shape index (κ3) is 2.76. The monoisotopic (exact) mass is 313 g/mol. The van der Waals surface area contributed by atoms with Gasteiger partial charge in [-0.1, -0.05) is 50.6 Å². The lowest BCUT2D eigenvalue weighted by molar-refractivity contribution is -0.125. The van der Waals surface area contributed by atoms with Crippen molar-refractivity contribution >= 4 is 5.78 Å². The van der Waals surface area contributed by atoms with Gasteiger partial charge in [-0.05, 0) is 49.6 Å². The van der Waals surface area contributed by atoms with Crippen molar-refractivity contribution in [1.29, 1.82) is 0 Å². The molecule has 3 aliphatic rings. The van der Waals surface area contributed by atoms with Gasteiger partial charge < -0.3 is 4.90 Å². The normalized spacial score (nSPS) is 37.6. The Bertz CT molecular complexity index is 578. The zero-order valence-corrected chi connectivity index (χ0v) is 15.3. The summed E-state index contributed by atoms with van der Waals surface area (Å²) in [6.07, 6.45) is 3.07. The van der Waals surface area contributed by atoms with Crippen LogP contribution in [0.5, 0.6) is 0 Å². The number of fused-ring (bicyclic) bond motifs is 4. The zero-order chi connectivity index (χ0) is 16.8. The Hall–Kier alpha value is -1.15. The van der Waals surface area contributed by atoms with E-state index in [9.17, 15) is 4.79 Å². The molecule has 0 aromatic heterocycles. The van der Waals surface area contributed by atoms with Crippen molar-refractivity contribution in [1.82, 2.24) is 4.90 Å². The molecule has 23 heavy (non-hydrogen) atoms. The smallest absolute Gasteiger partial charge is 0.137 e. The Labute approximate surface area is 141 Å². The minimum atomic E-state index is 0.145. The predicted octanol–water partition coefficient (Wildman–Crippen LogP) is 4.42. The summed E-state index contributed by atoms with van der Waals surface area (Å²) in [7, 11) is 2.22. The van der Waals surface area contributed by atoms with Crippen molar-refractivity contribution in [3.63, 3.8) is 0 Å². The number of hydrogen-bond acceptors (Lipinski definition) is 2. The van der Waals surface area contributed by atoms with Crippen LogP contribution in [-0.2, 0) is 4.79 Å². The third-order valence-electron chi connectivity index (χ3n) is 6.81. The molecule has 0 amide bonds. The van der Waals surface area contributed by atoms with E-state index in [4.69, 9.17) is 0 Å². The molecule has 1 aromatic carbocycles. The van der Waals surface area contributed by atoms with Crippen LogP contribution in [0.4, 0.5) is 0 Å². The van der Waals surface area contributed by atoms with Crippen LogP contribution < -0.4 is 0 Å². The van der Waals surface area contributed by atoms with E-state index in [0.717, 1.165) is 13.0 Å². The number of carbonyl (C=O) groups is 1. The molecule has 2 heteroatoms. The lowest BCUT2D eigenvalue weighted by atomic mass is 9.66. The topological polar surface area (TPSA) is 20.3 Å². The van der Waals surface area contributed by atoms with E-state index in [1.165, 1.54) is 17.5 Å². The molecule has 3 fully saturated rings. The fourth-order valence-electron chi connectivity index (χ4n) is 5.21. The summed E-state index contributed by atoms with van der Waals surface area (Å²) in [4.78, 5) is 15.4. The number of nitrogens with zero attached hydrogens (tertiary/aromatic N) is 1. The highest BCUT2D eigenvalue weighted by Gasteiger charge is 2.52. The van der Waals surface area contributed by atoms with Gasteiger partial charge in [-0.15, -0.1) is 0 Å². The molecule has 0 spiro atoms. The second kappa shape index (κ2) is 6.05. The Morgan fingerprint density at radius 3 is 2.52 bits per heavy atom. The molecule has 1 aromatic rings. The van der Waals surface area contributed by atoms with Crippen molar-refractivity contribution < 1.29 is 4.79 Å². The van der Waals surface area contributed by atoms with Gasteiger partial charge in [0.1, 0.15) is 5.78 Å². The maximum Gasteiger partial charge on any atom is 0.137 e. The lowest BCUT2D eigenvalue weighted by Gasteiger charge is -2.43. The number of benzene rings is 1. The first-order valence-electron chi connectivity index (χ1n) is 9.17. The van der Waals surface area contributed by atoms with Gasteiger partial charge >= 0.3 is 0 Å². The van der Waals surface area contributed by atoms with E-state index in [1.807, 2.05) is 6.92 Å². The number of piperidine rings is 1. The van der Waals surface area contributed by atoms with Gasteiger partial charge in [0.2, 0.25) is 0 Å². The number of ketones is 1. The standard InChI is InChI=1S/C21H31NO/c1-6-18(23)20-17-11-12-21(4,13-22(17)5)15(3)19(20)16-9-7-14(2)8-10-16/h7-10,15,17,19-20H,6,11-13H2,1-5H3. The Kier molecular flexibility index (Phi) is 4.39. The highest BCUT2D eigenvalue weighted by Crippen LogP contribution is 2.54. The first-order chi connectivity index (χ1) is 10.9. The van der Waals surface area contributed by atoms with E-state index in [2.05, 4.69) is 57.0 Å². The van der Waals surface area contributed by atoms with Crippen molar-refractivity contribution in [2.45, 2.75) is 58.9 Å². The van der Waals surface area contributed by atoms with Crippen LogP contribution in [0.15, 0.2) is 24.3 Å². The third-order valence-corrected chi connectivity index (χ3v) is 6.81. The lowest BCUT2D eigenvalue weighted by Crippen LogP contribution is -2.47. The molecule has 126 valence electrons. The fourth-order valence-corrected chi connectivity index (χ4v) is 5.21. The molecule has 2 heterocycles. The van der Waals surface area contributed by atoms with Crippen molar-refractivity contribution in [2.75, 3.05) is 13.6 Å². The van der Waals surface area contributed by atoms with Crippen LogP contribution in [0.2, 0.25) is 0 Å². The molecule has 2 aliphatic heterocycles. The predicted molar refractivity (Wildman–Crippen MR) is 95.6 cm³/mol. The molecular weight excluding hydrogens is 282 g/mol. The largest absolute Gasteiger partial charge is 0.302 e. The molecule has 2 nitrogen and oxygen atoms in total. The highest BCUT2D eigenvalue weighted by molar-refractivity contribution is 5.82. The Morgan fingerprint density at radius 1 is 1.30 bits per heavy atom. The van der Waals surface area contributed by atoms with E-state index in [0.29, 0.717) is 35.5 Å². The molecule has 2 saturated heterocycles. The van der Waals surface area contributed by atoms with Gasteiger partial charge in [0.25, 0.3) is 0 Å². The highest BCUT2D eigenvalue weighted by atomic mass is 16.1. The summed E-state index contributed by atoms with van der Waals surface area (Å²) in [6.45, 7) is 10.1.